The zero-order chi connectivity index (χ0) is 19.9. The van der Waals surface area contributed by atoms with Crippen molar-refractivity contribution in [2.24, 2.45) is 5.92 Å². The molecule has 25 heavy (non-hydrogen) atoms. The third kappa shape index (κ3) is 19.7. The van der Waals surface area contributed by atoms with Gasteiger partial charge in [0.25, 0.3) is 0 Å². The highest BCUT2D eigenvalue weighted by molar-refractivity contribution is 5.62. The van der Waals surface area contributed by atoms with Gasteiger partial charge in [0.2, 0.25) is 0 Å². The average molecular weight is 368 g/mol. The summed E-state index contributed by atoms with van der Waals surface area (Å²) in [5.74, 6) is 0.374. The third-order valence-corrected chi connectivity index (χ3v) is 2.63. The van der Waals surface area contributed by atoms with Gasteiger partial charge in [-0.1, -0.05) is 33.1 Å². The van der Waals surface area contributed by atoms with Gasteiger partial charge >= 0.3 is 18.5 Å². The first-order valence-electron chi connectivity index (χ1n) is 7.84. The molecule has 0 aliphatic carbocycles. The SMILES string of the molecule is CC(C)(C)OC(=O)OOC(=O)O.CCCCC(CC)COC(=O)OO. The second-order valence-electron chi connectivity index (χ2n) is 5.97. The van der Waals surface area contributed by atoms with Gasteiger partial charge < -0.3 is 14.6 Å². The zero-order valence-corrected chi connectivity index (χ0v) is 15.3. The molecule has 0 amide bonds. The minimum atomic E-state index is -1.71. The molecule has 0 heterocycles. The molecule has 0 radical (unpaired) electrons. The summed E-state index contributed by atoms with van der Waals surface area (Å²) in [6, 6.07) is 0. The summed E-state index contributed by atoms with van der Waals surface area (Å²) in [5.41, 5.74) is -0.737. The van der Waals surface area contributed by atoms with Crippen molar-refractivity contribution in [1.29, 1.82) is 0 Å². The highest BCUT2D eigenvalue weighted by Gasteiger charge is 2.19. The summed E-state index contributed by atoms with van der Waals surface area (Å²) in [4.78, 5) is 41.3. The van der Waals surface area contributed by atoms with E-state index in [1.54, 1.807) is 20.8 Å². The Morgan fingerprint density at radius 2 is 1.64 bits per heavy atom. The number of rotatable bonds is 6. The first kappa shape index (κ1) is 25.0. The van der Waals surface area contributed by atoms with Crippen molar-refractivity contribution in [2.75, 3.05) is 6.61 Å². The highest BCUT2D eigenvalue weighted by atomic mass is 17.3. The van der Waals surface area contributed by atoms with Crippen molar-refractivity contribution in [3.05, 3.63) is 0 Å². The topological polar surface area (TPSA) is 138 Å². The van der Waals surface area contributed by atoms with E-state index in [4.69, 9.17) is 10.4 Å². The van der Waals surface area contributed by atoms with Gasteiger partial charge in [-0.15, -0.1) is 0 Å². The number of hydrogen-bond donors (Lipinski definition) is 2. The van der Waals surface area contributed by atoms with E-state index in [1.807, 2.05) is 6.92 Å². The van der Waals surface area contributed by atoms with E-state index in [-0.39, 0.29) is 0 Å². The van der Waals surface area contributed by atoms with Crippen molar-refractivity contribution in [3.8, 4) is 0 Å². The van der Waals surface area contributed by atoms with E-state index < -0.39 is 24.1 Å². The van der Waals surface area contributed by atoms with Gasteiger partial charge in [0.15, 0.2) is 0 Å². The van der Waals surface area contributed by atoms with E-state index in [0.717, 1.165) is 25.7 Å². The molecule has 0 aromatic carbocycles. The Bertz CT molecular complexity index is 388. The monoisotopic (exact) mass is 368 g/mol. The summed E-state index contributed by atoms with van der Waals surface area (Å²) in [5, 5.41) is 15.8. The maximum absolute atomic E-state index is 10.5. The third-order valence-electron chi connectivity index (χ3n) is 2.63. The molecule has 0 saturated heterocycles. The molecular weight excluding hydrogens is 340 g/mol. The van der Waals surface area contributed by atoms with Gasteiger partial charge in [-0.3, -0.25) is 4.89 Å². The Hall–Kier alpha value is -2.23. The Morgan fingerprint density at radius 1 is 1.04 bits per heavy atom. The molecule has 0 bridgehead atoms. The summed E-state index contributed by atoms with van der Waals surface area (Å²) in [6.07, 6.45) is 0.377. The number of carbonyl (C=O) groups excluding carboxylic acids is 2. The van der Waals surface area contributed by atoms with E-state index in [9.17, 15) is 14.4 Å². The molecule has 0 aliphatic heterocycles. The molecule has 2 N–H and O–H groups in total. The van der Waals surface area contributed by atoms with E-state index in [2.05, 4.69) is 31.1 Å². The lowest BCUT2D eigenvalue weighted by Gasteiger charge is -2.17. The van der Waals surface area contributed by atoms with Crippen LogP contribution in [0.25, 0.3) is 0 Å². The van der Waals surface area contributed by atoms with Gasteiger partial charge in [-0.2, -0.15) is 14.9 Å². The minimum Gasteiger partial charge on any atom is -0.447 e. The molecule has 1 atom stereocenters. The second kappa shape index (κ2) is 14.1. The van der Waals surface area contributed by atoms with Crippen LogP contribution in [0.3, 0.4) is 0 Å². The second-order valence-corrected chi connectivity index (χ2v) is 5.97. The lowest BCUT2D eigenvalue weighted by atomic mass is 10.0. The molecule has 1 unspecified atom stereocenters. The molecule has 0 aromatic rings. The van der Waals surface area contributed by atoms with Crippen molar-refractivity contribution in [2.45, 2.75) is 65.9 Å². The number of carboxylic acid groups (broad SMARTS) is 1. The number of ether oxygens (including phenoxy) is 2. The molecule has 0 aliphatic rings. The smallest absolute Gasteiger partial charge is 0.447 e. The van der Waals surface area contributed by atoms with Crippen molar-refractivity contribution in [3.63, 3.8) is 0 Å². The van der Waals surface area contributed by atoms with Crippen LogP contribution in [0.2, 0.25) is 0 Å². The minimum absolute atomic E-state index is 0.329. The van der Waals surface area contributed by atoms with Crippen LogP contribution in [0.5, 0.6) is 0 Å². The predicted molar refractivity (Wildman–Crippen MR) is 84.8 cm³/mol. The van der Waals surface area contributed by atoms with Crippen molar-refractivity contribution < 1.29 is 48.9 Å². The van der Waals surface area contributed by atoms with Crippen LogP contribution in [0.4, 0.5) is 14.4 Å². The molecule has 148 valence electrons. The summed E-state index contributed by atoms with van der Waals surface area (Å²) >= 11 is 0. The molecule has 0 fully saturated rings. The van der Waals surface area contributed by atoms with E-state index >= 15 is 0 Å². The van der Waals surface area contributed by atoms with Gasteiger partial charge in [-0.25, -0.2) is 14.5 Å². The molecule has 0 aromatic heterocycles. The summed E-state index contributed by atoms with van der Waals surface area (Å²) in [6.45, 7) is 9.32. The predicted octanol–water partition coefficient (Wildman–Crippen LogP) is 4.38. The van der Waals surface area contributed by atoms with Gasteiger partial charge in [0.05, 0.1) is 6.61 Å². The number of hydrogen-bond acceptors (Lipinski definition) is 9. The van der Waals surface area contributed by atoms with Crippen LogP contribution in [0, 0.1) is 5.92 Å². The average Bonchev–Trinajstić information content (AvgIpc) is 2.51. The molecule has 0 spiro atoms. The van der Waals surface area contributed by atoms with Gasteiger partial charge in [-0.05, 0) is 33.1 Å². The highest BCUT2D eigenvalue weighted by Crippen LogP contribution is 2.12. The summed E-state index contributed by atoms with van der Waals surface area (Å²) in [7, 11) is 0. The summed E-state index contributed by atoms with van der Waals surface area (Å²) < 4.78 is 9.17. The fourth-order valence-corrected chi connectivity index (χ4v) is 1.45. The van der Waals surface area contributed by atoms with Crippen molar-refractivity contribution in [1.82, 2.24) is 0 Å². The normalized spacial score (nSPS) is 11.3. The molecule has 0 saturated carbocycles. The molecule has 10 nitrogen and oxygen atoms in total. The Balaban J connectivity index is 0. The molecule has 10 heteroatoms. The standard InChI is InChI=1S/C9H18O4.C6H10O6/c1-3-5-6-8(4-2)7-12-9(10)13-11;1-6(2,3)10-5(9)12-11-4(7)8/h8,11H,3-7H2,1-2H3;1-3H3,(H,7,8). The van der Waals surface area contributed by atoms with Crippen molar-refractivity contribution >= 4 is 18.5 Å². The van der Waals surface area contributed by atoms with Crippen LogP contribution in [0.15, 0.2) is 0 Å². The van der Waals surface area contributed by atoms with Crippen LogP contribution < -0.4 is 0 Å². The largest absolute Gasteiger partial charge is 0.550 e. The first-order chi connectivity index (χ1) is 11.6. The zero-order valence-electron chi connectivity index (χ0n) is 15.3. The van der Waals surface area contributed by atoms with Gasteiger partial charge in [0.1, 0.15) is 5.60 Å². The Morgan fingerprint density at radius 3 is 2.04 bits per heavy atom. The van der Waals surface area contributed by atoms with Crippen LogP contribution in [-0.4, -0.2) is 41.0 Å². The Labute approximate surface area is 146 Å². The number of carbonyl (C=O) groups is 3. The molecule has 0 rings (SSSR count). The fraction of sp³-hybridized carbons (Fsp3) is 0.800. The van der Waals surface area contributed by atoms with Gasteiger partial charge in [0, 0.05) is 0 Å². The fourth-order valence-electron chi connectivity index (χ4n) is 1.45. The lowest BCUT2D eigenvalue weighted by molar-refractivity contribution is -0.221. The van der Waals surface area contributed by atoms with E-state index in [1.165, 1.54) is 0 Å². The Kier molecular flexibility index (Phi) is 14.2. The molecular formula is C15H28O10. The quantitative estimate of drug-likeness (QED) is 0.394. The van der Waals surface area contributed by atoms with Crippen LogP contribution in [0.1, 0.15) is 60.3 Å². The van der Waals surface area contributed by atoms with Crippen LogP contribution >= 0.6 is 0 Å². The van der Waals surface area contributed by atoms with Crippen LogP contribution in [-0.2, 0) is 24.1 Å². The lowest BCUT2D eigenvalue weighted by Crippen LogP contribution is -2.25. The number of unbranched alkanes of at least 4 members (excludes halogenated alkanes) is 1. The maximum Gasteiger partial charge on any atom is 0.550 e. The van der Waals surface area contributed by atoms with E-state index in [0.29, 0.717) is 12.5 Å². The first-order valence-corrected chi connectivity index (χ1v) is 7.84. The maximum atomic E-state index is 10.5.